The first-order valence-corrected chi connectivity index (χ1v) is 12.7. The van der Waals surface area contributed by atoms with Crippen LogP contribution in [0.2, 0.25) is 5.15 Å². The summed E-state index contributed by atoms with van der Waals surface area (Å²) in [5.74, 6) is -0.898. The van der Waals surface area contributed by atoms with E-state index in [4.69, 9.17) is 11.6 Å². The second kappa shape index (κ2) is 11.3. The van der Waals surface area contributed by atoms with Crippen LogP contribution in [0.3, 0.4) is 0 Å². The van der Waals surface area contributed by atoms with Crippen molar-refractivity contribution >= 4 is 34.2 Å². The highest BCUT2D eigenvalue weighted by atomic mass is 35.5. The number of hydrogen-bond acceptors (Lipinski definition) is 5. The maximum atomic E-state index is 14.1. The lowest BCUT2D eigenvalue weighted by atomic mass is 10.1. The first-order valence-electron chi connectivity index (χ1n) is 10.9. The van der Waals surface area contributed by atoms with Crippen LogP contribution in [0.1, 0.15) is 20.7 Å². The molecule has 1 N–H and O–H groups in total. The van der Waals surface area contributed by atoms with Crippen LogP contribution in [0.15, 0.2) is 96.3 Å². The number of carbonyl (C=O) groups is 2. The number of nitrogens with zero attached hydrogens (tertiary/aromatic N) is 2. The molecule has 5 aromatic rings. The van der Waals surface area contributed by atoms with Gasteiger partial charge in [-0.25, -0.2) is 26.2 Å². The van der Waals surface area contributed by atoms with E-state index in [9.17, 15) is 26.8 Å². The van der Waals surface area contributed by atoms with Gasteiger partial charge in [-0.05, 0) is 48.5 Å². The summed E-state index contributed by atoms with van der Waals surface area (Å²) in [5, 5.41) is 0.143. The summed E-state index contributed by atoms with van der Waals surface area (Å²) in [7, 11) is -4.07. The molecule has 0 saturated heterocycles. The monoisotopic (exact) mass is 553 g/mol. The summed E-state index contributed by atoms with van der Waals surface area (Å²) in [6.07, 6.45) is 5.01. The smallest absolute Gasteiger partial charge is 0.269 e. The largest absolute Gasteiger partial charge is 0.360 e. The second-order valence-corrected chi connectivity index (χ2v) is 10.0. The highest BCUT2D eigenvalue weighted by molar-refractivity contribution is 7.90. The van der Waals surface area contributed by atoms with E-state index in [1.165, 1.54) is 42.5 Å². The normalized spacial score (nSPS) is 10.9. The van der Waals surface area contributed by atoms with Gasteiger partial charge in [-0.15, -0.1) is 0 Å². The number of nitrogens with one attached hydrogen (secondary N) is 1. The van der Waals surface area contributed by atoms with Crippen LogP contribution in [-0.2, 0) is 10.0 Å². The number of H-pyrrole nitrogens is 1. The molecule has 0 spiro atoms. The number of pyridine rings is 1. The lowest BCUT2D eigenvalue weighted by Crippen LogP contribution is -2.13. The van der Waals surface area contributed by atoms with Crippen molar-refractivity contribution < 1.29 is 26.8 Å². The Balaban J connectivity index is 0.000000204. The van der Waals surface area contributed by atoms with Crippen molar-refractivity contribution in [2.24, 2.45) is 0 Å². The molecule has 0 unspecified atom stereocenters. The third kappa shape index (κ3) is 5.61. The topological polar surface area (TPSA) is 102 Å². The fourth-order valence-electron chi connectivity index (χ4n) is 3.54. The standard InChI is InChI=1S/C16H10ClFN2O3S.C11H8FNO/c17-16-6-5-12(8-19-16)24(22,23)20-9-11(10-21)7-15(20)13-3-1-2-4-14(13)18;12-10-4-2-1-3-9(10)11-5-8(7-14)6-13-11/h1-10H;1-7,13H. The molecule has 0 radical (unpaired) electrons. The van der Waals surface area contributed by atoms with Crippen molar-refractivity contribution in [2.75, 3.05) is 0 Å². The van der Waals surface area contributed by atoms with Gasteiger partial charge in [0.25, 0.3) is 10.0 Å². The Hall–Kier alpha value is -4.41. The molecule has 3 heterocycles. The Morgan fingerprint density at radius 1 is 0.842 bits per heavy atom. The molecule has 0 aliphatic rings. The number of halogens is 3. The molecular formula is C27H18ClF2N3O4S. The molecule has 0 amide bonds. The van der Waals surface area contributed by atoms with Gasteiger partial charge in [-0.1, -0.05) is 35.9 Å². The number of aromatic amines is 1. The first kappa shape index (κ1) is 26.6. The Bertz CT molecular complexity index is 1710. The number of carbonyl (C=O) groups excluding carboxylic acids is 2. The molecule has 7 nitrogen and oxygen atoms in total. The van der Waals surface area contributed by atoms with Crippen LogP contribution in [0, 0.1) is 11.6 Å². The van der Waals surface area contributed by atoms with Gasteiger partial charge < -0.3 is 4.98 Å². The zero-order valence-electron chi connectivity index (χ0n) is 19.4. The number of rotatable bonds is 6. The van der Waals surface area contributed by atoms with Gasteiger partial charge in [0.2, 0.25) is 0 Å². The molecule has 0 aliphatic carbocycles. The lowest BCUT2D eigenvalue weighted by Gasteiger charge is -2.11. The van der Waals surface area contributed by atoms with Gasteiger partial charge in [0.05, 0.1) is 5.69 Å². The summed E-state index contributed by atoms with van der Waals surface area (Å²) < 4.78 is 53.9. The first-order chi connectivity index (χ1) is 18.2. The summed E-state index contributed by atoms with van der Waals surface area (Å²) in [6.45, 7) is 0. The highest BCUT2D eigenvalue weighted by Crippen LogP contribution is 2.28. The minimum atomic E-state index is -4.07. The Morgan fingerprint density at radius 3 is 2.03 bits per heavy atom. The van der Waals surface area contributed by atoms with E-state index in [0.29, 0.717) is 23.1 Å². The number of hydrogen-bond donors (Lipinski definition) is 1. The van der Waals surface area contributed by atoms with Crippen molar-refractivity contribution in [3.63, 3.8) is 0 Å². The van der Waals surface area contributed by atoms with Crippen LogP contribution in [-0.4, -0.2) is 34.9 Å². The summed E-state index contributed by atoms with van der Waals surface area (Å²) in [5.41, 5.74) is 1.83. The van der Waals surface area contributed by atoms with Gasteiger partial charge in [0, 0.05) is 46.5 Å². The van der Waals surface area contributed by atoms with E-state index in [1.54, 1.807) is 36.5 Å². The predicted octanol–water partition coefficient (Wildman–Crippen LogP) is 6.03. The predicted molar refractivity (Wildman–Crippen MR) is 139 cm³/mol. The number of benzene rings is 2. The van der Waals surface area contributed by atoms with Crippen molar-refractivity contribution in [3.8, 4) is 22.5 Å². The molecule has 0 aliphatic heterocycles. The molecular weight excluding hydrogens is 536 g/mol. The van der Waals surface area contributed by atoms with Crippen molar-refractivity contribution in [2.45, 2.75) is 4.90 Å². The maximum absolute atomic E-state index is 14.1. The lowest BCUT2D eigenvalue weighted by molar-refractivity contribution is 0.111. The van der Waals surface area contributed by atoms with Crippen molar-refractivity contribution in [1.82, 2.24) is 13.9 Å². The second-order valence-electron chi connectivity index (χ2n) is 7.82. The van der Waals surface area contributed by atoms with Crippen LogP contribution in [0.5, 0.6) is 0 Å². The maximum Gasteiger partial charge on any atom is 0.269 e. The van der Waals surface area contributed by atoms with Gasteiger partial charge >= 0.3 is 0 Å². The van der Waals surface area contributed by atoms with E-state index in [2.05, 4.69) is 9.97 Å². The summed E-state index contributed by atoms with van der Waals surface area (Å²) in [6, 6.07) is 17.7. The Morgan fingerprint density at radius 2 is 1.47 bits per heavy atom. The van der Waals surface area contributed by atoms with Gasteiger partial charge in [-0.2, -0.15) is 0 Å². The highest BCUT2D eigenvalue weighted by Gasteiger charge is 2.23. The average molecular weight is 554 g/mol. The van der Waals surface area contributed by atoms with Crippen molar-refractivity contribution in [1.29, 1.82) is 0 Å². The fraction of sp³-hybridized carbons (Fsp3) is 0. The van der Waals surface area contributed by atoms with E-state index < -0.39 is 15.8 Å². The summed E-state index contributed by atoms with van der Waals surface area (Å²) >= 11 is 5.67. The fourth-order valence-corrected chi connectivity index (χ4v) is 4.97. The van der Waals surface area contributed by atoms with Gasteiger partial charge in [0.15, 0.2) is 12.6 Å². The van der Waals surface area contributed by atoms with Crippen LogP contribution in [0.4, 0.5) is 8.78 Å². The molecule has 3 aromatic heterocycles. The molecule has 0 atom stereocenters. The third-order valence-electron chi connectivity index (χ3n) is 5.36. The van der Waals surface area contributed by atoms with Gasteiger partial charge in [-0.3, -0.25) is 9.59 Å². The minimum absolute atomic E-state index is 0.0464. The molecule has 11 heteroatoms. The summed E-state index contributed by atoms with van der Waals surface area (Å²) in [4.78, 5) is 27.9. The molecule has 0 saturated carbocycles. The minimum Gasteiger partial charge on any atom is -0.360 e. The molecule has 0 bridgehead atoms. The van der Waals surface area contributed by atoms with E-state index in [0.717, 1.165) is 22.7 Å². The van der Waals surface area contributed by atoms with E-state index in [1.807, 2.05) is 0 Å². The van der Waals surface area contributed by atoms with E-state index in [-0.39, 0.29) is 32.7 Å². The zero-order chi connectivity index (χ0) is 27.3. The molecule has 0 fully saturated rings. The van der Waals surface area contributed by atoms with Crippen LogP contribution >= 0.6 is 11.6 Å². The van der Waals surface area contributed by atoms with Crippen LogP contribution < -0.4 is 0 Å². The zero-order valence-corrected chi connectivity index (χ0v) is 21.0. The Kier molecular flexibility index (Phi) is 7.94. The molecule has 2 aromatic carbocycles. The van der Waals surface area contributed by atoms with Gasteiger partial charge in [0.1, 0.15) is 21.7 Å². The molecule has 192 valence electrons. The molecule has 38 heavy (non-hydrogen) atoms. The van der Waals surface area contributed by atoms with Crippen molar-refractivity contribution in [3.05, 3.63) is 119 Å². The quantitative estimate of drug-likeness (QED) is 0.204. The molecule has 5 rings (SSSR count). The van der Waals surface area contributed by atoms with E-state index >= 15 is 0 Å². The number of aldehydes is 2. The Labute approximate surface area is 221 Å². The number of aromatic nitrogens is 3. The SMILES string of the molecule is O=Cc1c[nH]c(-c2ccccc2F)c1.O=Cc1cc(-c2ccccc2F)n(S(=O)(=O)c2ccc(Cl)nc2)c1. The third-order valence-corrected chi connectivity index (χ3v) is 7.24. The average Bonchev–Trinajstić information content (AvgIpc) is 3.58. The van der Waals surface area contributed by atoms with Crippen LogP contribution in [0.25, 0.3) is 22.5 Å².